The minimum atomic E-state index is -0.265. The maximum absolute atomic E-state index is 12.0. The zero-order valence-electron chi connectivity index (χ0n) is 12.3. The molecule has 2 N–H and O–H groups in total. The van der Waals surface area contributed by atoms with E-state index in [9.17, 15) is 4.79 Å². The molecule has 0 spiro atoms. The number of nitrogens with one attached hydrogen (secondary N) is 2. The Morgan fingerprint density at radius 2 is 2.00 bits per heavy atom. The number of anilines is 1. The molecular formula is C14H19ClN2O4. The van der Waals surface area contributed by atoms with Crippen LogP contribution in [0.5, 0.6) is 11.5 Å². The first-order chi connectivity index (χ1) is 9.97. The minimum absolute atomic E-state index is 0.0216. The van der Waals surface area contributed by atoms with Gasteiger partial charge in [0.25, 0.3) is 5.91 Å². The molecule has 0 bridgehead atoms. The number of carbonyl (C=O) groups is 1. The second kappa shape index (κ2) is 6.51. The fraction of sp³-hybridized carbons (Fsp3) is 0.500. The monoisotopic (exact) mass is 314 g/mol. The van der Waals surface area contributed by atoms with Crippen molar-refractivity contribution >= 4 is 23.2 Å². The van der Waals surface area contributed by atoms with E-state index in [2.05, 4.69) is 10.6 Å². The predicted molar refractivity (Wildman–Crippen MR) is 80.4 cm³/mol. The predicted octanol–water partition coefficient (Wildman–Crippen LogP) is 1.67. The van der Waals surface area contributed by atoms with Gasteiger partial charge >= 0.3 is 0 Å². The van der Waals surface area contributed by atoms with Crippen LogP contribution in [-0.4, -0.2) is 45.4 Å². The second-order valence-corrected chi connectivity index (χ2v) is 5.48. The number of methoxy groups -OCH3 is 2. The van der Waals surface area contributed by atoms with E-state index < -0.39 is 0 Å². The zero-order valence-corrected chi connectivity index (χ0v) is 13.0. The molecule has 1 aliphatic rings. The number of carbonyl (C=O) groups excluding carboxylic acids is 1. The standard InChI is InChI=1S/C14H19ClN2O4/c1-14(7-16-8-14)21-6-13(18)17-10-5-11(19-2)9(15)4-12(10)20-3/h4-5,16H,6-8H2,1-3H3,(H,17,18). The Bertz CT molecular complexity index is 532. The Morgan fingerprint density at radius 1 is 1.33 bits per heavy atom. The normalized spacial score (nSPS) is 16.0. The summed E-state index contributed by atoms with van der Waals surface area (Å²) in [5.41, 5.74) is 0.225. The molecule has 1 aromatic rings. The van der Waals surface area contributed by atoms with Crippen LogP contribution >= 0.6 is 11.6 Å². The molecule has 0 atom stereocenters. The third-order valence-corrected chi connectivity index (χ3v) is 3.59. The van der Waals surface area contributed by atoms with Gasteiger partial charge in [0.15, 0.2) is 0 Å². The van der Waals surface area contributed by atoms with E-state index in [4.69, 9.17) is 25.8 Å². The highest BCUT2D eigenvalue weighted by molar-refractivity contribution is 6.32. The molecule has 7 heteroatoms. The lowest BCUT2D eigenvalue weighted by Gasteiger charge is -2.38. The second-order valence-electron chi connectivity index (χ2n) is 5.08. The van der Waals surface area contributed by atoms with E-state index in [1.165, 1.54) is 14.2 Å². The number of hydrogen-bond donors (Lipinski definition) is 2. The molecule has 1 fully saturated rings. The molecule has 21 heavy (non-hydrogen) atoms. The van der Waals surface area contributed by atoms with Crippen LogP contribution in [0, 0.1) is 0 Å². The molecule has 0 aromatic heterocycles. The number of hydrogen-bond acceptors (Lipinski definition) is 5. The molecule has 6 nitrogen and oxygen atoms in total. The van der Waals surface area contributed by atoms with Crippen molar-refractivity contribution in [3.05, 3.63) is 17.2 Å². The van der Waals surface area contributed by atoms with Crippen molar-refractivity contribution < 1.29 is 19.0 Å². The summed E-state index contributed by atoms with van der Waals surface area (Å²) in [6, 6.07) is 3.21. The highest BCUT2D eigenvalue weighted by Crippen LogP contribution is 2.35. The van der Waals surface area contributed by atoms with E-state index in [0.29, 0.717) is 22.2 Å². The van der Waals surface area contributed by atoms with Crippen LogP contribution in [0.1, 0.15) is 6.92 Å². The van der Waals surface area contributed by atoms with E-state index >= 15 is 0 Å². The summed E-state index contributed by atoms with van der Waals surface area (Å²) in [6.45, 7) is 3.44. The summed E-state index contributed by atoms with van der Waals surface area (Å²) in [6.07, 6.45) is 0. The first-order valence-electron chi connectivity index (χ1n) is 6.53. The molecule has 0 aliphatic carbocycles. The van der Waals surface area contributed by atoms with Gasteiger partial charge in [-0.2, -0.15) is 0 Å². The quantitative estimate of drug-likeness (QED) is 0.836. The van der Waals surface area contributed by atoms with E-state index in [1.807, 2.05) is 6.92 Å². The average molecular weight is 315 g/mol. The SMILES string of the molecule is COc1cc(NC(=O)COC2(C)CNC2)c(OC)cc1Cl. The smallest absolute Gasteiger partial charge is 0.250 e. The lowest BCUT2D eigenvalue weighted by atomic mass is 10.0. The highest BCUT2D eigenvalue weighted by Gasteiger charge is 2.33. The number of rotatable bonds is 6. The van der Waals surface area contributed by atoms with Crippen LogP contribution in [-0.2, 0) is 9.53 Å². The van der Waals surface area contributed by atoms with Gasteiger partial charge in [0, 0.05) is 25.2 Å². The van der Waals surface area contributed by atoms with Gasteiger partial charge in [-0.15, -0.1) is 0 Å². The van der Waals surface area contributed by atoms with Gasteiger partial charge in [0.1, 0.15) is 18.1 Å². The van der Waals surface area contributed by atoms with Gasteiger partial charge in [-0.1, -0.05) is 11.6 Å². The topological polar surface area (TPSA) is 68.8 Å². The molecule has 1 aromatic carbocycles. The summed E-state index contributed by atoms with van der Waals surface area (Å²) in [7, 11) is 3.01. The lowest BCUT2D eigenvalue weighted by molar-refractivity contribution is -0.130. The molecule has 116 valence electrons. The molecule has 2 rings (SSSR count). The van der Waals surface area contributed by atoms with E-state index in [1.54, 1.807) is 12.1 Å². The minimum Gasteiger partial charge on any atom is -0.495 e. The summed E-state index contributed by atoms with van der Waals surface area (Å²) in [5.74, 6) is 0.667. The summed E-state index contributed by atoms with van der Waals surface area (Å²) < 4.78 is 15.9. The molecule has 0 unspecified atom stereocenters. The molecular weight excluding hydrogens is 296 g/mol. The number of benzene rings is 1. The maximum atomic E-state index is 12.0. The molecule has 1 saturated heterocycles. The summed E-state index contributed by atoms with van der Waals surface area (Å²) >= 11 is 6.01. The van der Waals surface area contributed by atoms with Crippen molar-refractivity contribution in [2.45, 2.75) is 12.5 Å². The van der Waals surface area contributed by atoms with Crippen molar-refractivity contribution in [3.63, 3.8) is 0 Å². The van der Waals surface area contributed by atoms with Gasteiger partial charge in [0.2, 0.25) is 0 Å². The highest BCUT2D eigenvalue weighted by atomic mass is 35.5. The van der Waals surface area contributed by atoms with Crippen LogP contribution in [0.2, 0.25) is 5.02 Å². The van der Waals surface area contributed by atoms with Crippen LogP contribution in [0.4, 0.5) is 5.69 Å². The van der Waals surface area contributed by atoms with Gasteiger partial charge in [-0.05, 0) is 6.92 Å². The maximum Gasteiger partial charge on any atom is 0.250 e. The third kappa shape index (κ3) is 3.78. The van der Waals surface area contributed by atoms with Crippen molar-refractivity contribution in [2.75, 3.05) is 39.2 Å². The van der Waals surface area contributed by atoms with Crippen molar-refractivity contribution in [1.82, 2.24) is 5.32 Å². The Balaban J connectivity index is 2.02. The Morgan fingerprint density at radius 3 is 2.52 bits per heavy atom. The Kier molecular flexibility index (Phi) is 4.92. The van der Waals surface area contributed by atoms with Gasteiger partial charge in [-0.25, -0.2) is 0 Å². The van der Waals surface area contributed by atoms with Crippen molar-refractivity contribution in [3.8, 4) is 11.5 Å². The fourth-order valence-corrected chi connectivity index (χ4v) is 2.19. The number of ether oxygens (including phenoxy) is 3. The largest absolute Gasteiger partial charge is 0.495 e. The molecule has 1 heterocycles. The van der Waals surface area contributed by atoms with Crippen molar-refractivity contribution in [2.24, 2.45) is 0 Å². The average Bonchev–Trinajstić information content (AvgIpc) is 2.44. The van der Waals surface area contributed by atoms with Crippen molar-refractivity contribution in [1.29, 1.82) is 0 Å². The molecule has 1 aliphatic heterocycles. The Labute approximate surface area is 128 Å². The van der Waals surface area contributed by atoms with Gasteiger partial charge in [-0.3, -0.25) is 4.79 Å². The van der Waals surface area contributed by atoms with E-state index in [-0.39, 0.29) is 18.1 Å². The summed E-state index contributed by atoms with van der Waals surface area (Å²) in [5, 5.41) is 6.26. The first kappa shape index (κ1) is 15.9. The lowest BCUT2D eigenvalue weighted by Crippen LogP contribution is -2.59. The molecule has 0 saturated carbocycles. The number of amides is 1. The number of halogens is 1. The van der Waals surface area contributed by atoms with E-state index in [0.717, 1.165) is 13.1 Å². The third-order valence-electron chi connectivity index (χ3n) is 3.30. The molecule has 0 radical (unpaired) electrons. The van der Waals surface area contributed by atoms with Gasteiger partial charge in [0.05, 0.1) is 30.5 Å². The van der Waals surface area contributed by atoms with Crippen LogP contribution < -0.4 is 20.1 Å². The first-order valence-corrected chi connectivity index (χ1v) is 6.91. The Hall–Kier alpha value is -1.50. The van der Waals surface area contributed by atoms with Crippen LogP contribution in [0.25, 0.3) is 0 Å². The van der Waals surface area contributed by atoms with Crippen LogP contribution in [0.15, 0.2) is 12.1 Å². The molecule has 1 amide bonds. The zero-order chi connectivity index (χ0) is 15.5. The summed E-state index contributed by atoms with van der Waals surface area (Å²) in [4.78, 5) is 12.0. The van der Waals surface area contributed by atoms with Crippen LogP contribution in [0.3, 0.4) is 0 Å². The fourth-order valence-electron chi connectivity index (χ4n) is 1.96. The van der Waals surface area contributed by atoms with Gasteiger partial charge < -0.3 is 24.8 Å².